The van der Waals surface area contributed by atoms with Gasteiger partial charge in [0.05, 0.1) is 6.42 Å². The largest absolute Gasteiger partial charge is 0.481 e. The van der Waals surface area contributed by atoms with Crippen LogP contribution < -0.4 is 4.90 Å². The van der Waals surface area contributed by atoms with E-state index in [9.17, 15) is 14.7 Å². The number of aliphatic carboxylic acids is 1. The van der Waals surface area contributed by atoms with E-state index in [1.807, 2.05) is 33.8 Å². The quantitative estimate of drug-likeness (QED) is 0.582. The van der Waals surface area contributed by atoms with Crippen molar-refractivity contribution in [2.75, 3.05) is 31.1 Å². The van der Waals surface area contributed by atoms with Crippen molar-refractivity contribution in [3.8, 4) is 11.5 Å². The lowest BCUT2D eigenvalue weighted by Gasteiger charge is -2.37. The minimum absolute atomic E-state index is 0.0286. The van der Waals surface area contributed by atoms with E-state index in [1.54, 1.807) is 4.90 Å². The molecule has 1 heterocycles. The molecule has 7 heteroatoms. The maximum absolute atomic E-state index is 12.3. The van der Waals surface area contributed by atoms with Gasteiger partial charge in [-0.1, -0.05) is 25.6 Å². The van der Waals surface area contributed by atoms with Gasteiger partial charge in [-0.3, -0.25) is 4.79 Å². The summed E-state index contributed by atoms with van der Waals surface area (Å²) in [7, 11) is -1.56. The minimum Gasteiger partial charge on any atom is -0.481 e. The normalized spacial score (nSPS) is 14.8. The van der Waals surface area contributed by atoms with Crippen molar-refractivity contribution in [3.05, 3.63) is 28.8 Å². The molecule has 2 rings (SSSR count). The van der Waals surface area contributed by atoms with Crippen LogP contribution in [-0.4, -0.2) is 61.9 Å². The van der Waals surface area contributed by atoms with Gasteiger partial charge in [-0.15, -0.1) is 5.54 Å². The fourth-order valence-corrected chi connectivity index (χ4v) is 3.65. The second kappa shape index (κ2) is 9.13. The van der Waals surface area contributed by atoms with Gasteiger partial charge in [0.25, 0.3) is 0 Å². The summed E-state index contributed by atoms with van der Waals surface area (Å²) in [5, 5.41) is 9.33. The molecule has 1 N–H and O–H groups in total. The highest BCUT2D eigenvalue weighted by molar-refractivity contribution is 6.83. The van der Waals surface area contributed by atoms with Crippen molar-refractivity contribution in [1.29, 1.82) is 0 Å². The van der Waals surface area contributed by atoms with Gasteiger partial charge in [-0.05, 0) is 51.0 Å². The number of carbonyl (C=O) groups excluding carboxylic acids is 1. The Morgan fingerprint density at radius 3 is 2.23 bits per heavy atom. The molecule has 1 aliphatic heterocycles. The number of piperazine rings is 1. The Bertz CT molecular complexity index is 864. The van der Waals surface area contributed by atoms with Crippen LogP contribution in [0.3, 0.4) is 0 Å². The standard InChI is InChI=1S/C23H34N2O4Si/c1-17-18(8-13-30(5,6)7)14-20(15-19(17)16-21(26)27)24-9-11-25(12-10-24)22(28)29-23(2,3)4/h14-15H,9-12,16H2,1-7H3,(H,26,27). The Morgan fingerprint density at radius 2 is 1.73 bits per heavy atom. The van der Waals surface area contributed by atoms with E-state index < -0.39 is 19.6 Å². The molecule has 0 radical (unpaired) electrons. The Balaban J connectivity index is 2.25. The van der Waals surface area contributed by atoms with Crippen molar-refractivity contribution in [2.24, 2.45) is 0 Å². The highest BCUT2D eigenvalue weighted by Gasteiger charge is 2.26. The molecule has 1 saturated heterocycles. The monoisotopic (exact) mass is 430 g/mol. The van der Waals surface area contributed by atoms with E-state index in [0.29, 0.717) is 26.2 Å². The summed E-state index contributed by atoms with van der Waals surface area (Å²) in [4.78, 5) is 27.6. The summed E-state index contributed by atoms with van der Waals surface area (Å²) in [5.74, 6) is 2.45. The van der Waals surface area contributed by atoms with E-state index >= 15 is 0 Å². The number of anilines is 1. The van der Waals surface area contributed by atoms with Gasteiger partial charge in [-0.2, -0.15) is 0 Å². The lowest BCUT2D eigenvalue weighted by molar-refractivity contribution is -0.136. The molecule has 0 aliphatic carbocycles. The van der Waals surface area contributed by atoms with Gasteiger partial charge >= 0.3 is 12.1 Å². The van der Waals surface area contributed by atoms with Gasteiger partial charge in [0.15, 0.2) is 0 Å². The molecule has 0 atom stereocenters. The second-order valence-electron chi connectivity index (χ2n) is 9.80. The van der Waals surface area contributed by atoms with Crippen molar-refractivity contribution in [3.63, 3.8) is 0 Å². The first kappa shape index (κ1) is 23.8. The van der Waals surface area contributed by atoms with Gasteiger partial charge in [0.2, 0.25) is 0 Å². The highest BCUT2D eigenvalue weighted by Crippen LogP contribution is 2.25. The van der Waals surface area contributed by atoms with Crippen LogP contribution >= 0.6 is 0 Å². The first-order valence-electron chi connectivity index (χ1n) is 10.4. The molecule has 30 heavy (non-hydrogen) atoms. The zero-order chi connectivity index (χ0) is 22.7. The molecule has 164 valence electrons. The molecule has 0 spiro atoms. The van der Waals surface area contributed by atoms with Crippen LogP contribution in [0.1, 0.15) is 37.5 Å². The average Bonchev–Trinajstić information content (AvgIpc) is 2.60. The predicted molar refractivity (Wildman–Crippen MR) is 123 cm³/mol. The Hall–Kier alpha value is -2.46. The van der Waals surface area contributed by atoms with Crippen molar-refractivity contribution >= 4 is 25.8 Å². The number of ether oxygens (including phenoxy) is 1. The van der Waals surface area contributed by atoms with Gasteiger partial charge in [0.1, 0.15) is 13.7 Å². The van der Waals surface area contributed by atoms with E-state index in [-0.39, 0.29) is 12.5 Å². The van der Waals surface area contributed by atoms with Crippen LogP contribution in [0, 0.1) is 18.4 Å². The number of hydrogen-bond donors (Lipinski definition) is 1. The molecule has 0 saturated carbocycles. The fourth-order valence-electron chi connectivity index (χ4n) is 3.15. The van der Waals surface area contributed by atoms with Crippen LogP contribution in [0.4, 0.5) is 10.5 Å². The summed E-state index contributed by atoms with van der Waals surface area (Å²) in [6.45, 7) is 16.5. The molecule has 1 aromatic carbocycles. The molecule has 0 unspecified atom stereocenters. The van der Waals surface area contributed by atoms with Crippen molar-refractivity contribution in [1.82, 2.24) is 4.90 Å². The Kier molecular flexibility index (Phi) is 7.25. The van der Waals surface area contributed by atoms with Crippen LogP contribution in [-0.2, 0) is 16.0 Å². The zero-order valence-electron chi connectivity index (χ0n) is 19.3. The zero-order valence-corrected chi connectivity index (χ0v) is 20.3. The second-order valence-corrected chi connectivity index (χ2v) is 14.6. The fraction of sp³-hybridized carbons (Fsp3) is 0.565. The average molecular weight is 431 g/mol. The van der Waals surface area contributed by atoms with Crippen LogP contribution in [0.5, 0.6) is 0 Å². The lowest BCUT2D eigenvalue weighted by atomic mass is 9.98. The number of carbonyl (C=O) groups is 2. The van der Waals surface area contributed by atoms with E-state index in [0.717, 1.165) is 22.4 Å². The molecule has 0 bridgehead atoms. The van der Waals surface area contributed by atoms with E-state index in [2.05, 4.69) is 42.1 Å². The van der Waals surface area contributed by atoms with Crippen molar-refractivity contribution < 1.29 is 19.4 Å². The Labute approximate surface area is 181 Å². The number of carboxylic acids is 1. The SMILES string of the molecule is Cc1c(C#C[Si](C)(C)C)cc(N2CCN(C(=O)OC(C)(C)C)CC2)cc1CC(=O)O. The maximum atomic E-state index is 12.3. The van der Waals surface area contributed by atoms with Crippen LogP contribution in [0.15, 0.2) is 12.1 Å². The molecule has 1 aromatic rings. The number of nitrogens with zero attached hydrogens (tertiary/aromatic N) is 2. The number of amides is 1. The smallest absolute Gasteiger partial charge is 0.410 e. The summed E-state index contributed by atoms with van der Waals surface area (Å²) >= 11 is 0. The molecule has 1 amide bonds. The topological polar surface area (TPSA) is 70.1 Å². The van der Waals surface area contributed by atoms with Crippen LogP contribution in [0.2, 0.25) is 19.6 Å². The third-order valence-electron chi connectivity index (χ3n) is 4.71. The number of hydrogen-bond acceptors (Lipinski definition) is 4. The molecule has 1 fully saturated rings. The number of benzene rings is 1. The maximum Gasteiger partial charge on any atom is 0.410 e. The minimum atomic E-state index is -1.56. The number of rotatable bonds is 3. The first-order valence-corrected chi connectivity index (χ1v) is 13.9. The third-order valence-corrected chi connectivity index (χ3v) is 5.59. The van der Waals surface area contributed by atoms with Gasteiger partial charge in [0, 0.05) is 37.4 Å². The van der Waals surface area contributed by atoms with Gasteiger partial charge < -0.3 is 19.6 Å². The Morgan fingerprint density at radius 1 is 1.13 bits per heavy atom. The third kappa shape index (κ3) is 7.10. The molecule has 1 aliphatic rings. The molecule has 0 aromatic heterocycles. The summed E-state index contributed by atoms with van der Waals surface area (Å²) in [6, 6.07) is 4.00. The molecule has 6 nitrogen and oxygen atoms in total. The lowest BCUT2D eigenvalue weighted by Crippen LogP contribution is -2.50. The van der Waals surface area contributed by atoms with Gasteiger partial charge in [-0.25, -0.2) is 4.79 Å². The first-order chi connectivity index (χ1) is 13.7. The van der Waals surface area contributed by atoms with Crippen molar-refractivity contribution in [2.45, 2.75) is 59.4 Å². The van der Waals surface area contributed by atoms with E-state index in [1.165, 1.54) is 0 Å². The predicted octanol–water partition coefficient (Wildman–Crippen LogP) is 3.91. The summed E-state index contributed by atoms with van der Waals surface area (Å²) in [5.41, 5.74) is 6.44. The summed E-state index contributed by atoms with van der Waals surface area (Å²) < 4.78 is 5.47. The molecular formula is C23H34N2O4Si. The van der Waals surface area contributed by atoms with Crippen LogP contribution in [0.25, 0.3) is 0 Å². The highest BCUT2D eigenvalue weighted by atomic mass is 28.3. The summed E-state index contributed by atoms with van der Waals surface area (Å²) in [6.07, 6.45) is -0.321. The number of carboxylic acid groups (broad SMARTS) is 1. The van der Waals surface area contributed by atoms with E-state index in [4.69, 9.17) is 4.74 Å². The molecular weight excluding hydrogens is 396 g/mol.